The molecule has 0 bridgehead atoms. The average molecular weight is 852 g/mol. The number of benzene rings is 12. The first-order valence-corrected chi connectivity index (χ1v) is 23.1. The number of hydrogen-bond acceptors (Lipinski definition) is 1. The molecule has 314 valence electrons. The molecule has 0 amide bonds. The normalized spacial score (nSPS) is 11.3. The van der Waals surface area contributed by atoms with Crippen molar-refractivity contribution >= 4 is 49.4 Å². The van der Waals surface area contributed by atoms with E-state index in [1.165, 1.54) is 88.0 Å². The Balaban J connectivity index is 1.01. The van der Waals surface area contributed by atoms with Gasteiger partial charge in [0.2, 0.25) is 0 Å². The SMILES string of the molecule is c1ccc(-c2ccc(-c3ccc(N(c4ccc(-c5cccc(-c6cccc7ccccc67)c5)cc4)c4cc(-c5cccc6ccccc56)ccc4-c4cccc5ccccc45)cc3)cc2)cc1. The van der Waals surface area contributed by atoms with E-state index in [4.69, 9.17) is 0 Å². The van der Waals surface area contributed by atoms with Gasteiger partial charge in [0, 0.05) is 16.9 Å². The molecule has 0 aliphatic heterocycles. The summed E-state index contributed by atoms with van der Waals surface area (Å²) >= 11 is 0. The largest absolute Gasteiger partial charge is 0.310 e. The smallest absolute Gasteiger partial charge is 0.0546 e. The third-order valence-electron chi connectivity index (χ3n) is 13.3. The van der Waals surface area contributed by atoms with Crippen molar-refractivity contribution in [3.63, 3.8) is 0 Å². The topological polar surface area (TPSA) is 3.24 Å². The second kappa shape index (κ2) is 17.3. The van der Waals surface area contributed by atoms with Gasteiger partial charge in [-0.15, -0.1) is 0 Å². The molecule has 12 aromatic carbocycles. The van der Waals surface area contributed by atoms with Crippen molar-refractivity contribution in [2.24, 2.45) is 0 Å². The quantitative estimate of drug-likeness (QED) is 0.140. The maximum atomic E-state index is 2.45. The first kappa shape index (κ1) is 39.8. The van der Waals surface area contributed by atoms with E-state index in [9.17, 15) is 0 Å². The van der Waals surface area contributed by atoms with Gasteiger partial charge in [0.15, 0.2) is 0 Å². The van der Waals surface area contributed by atoms with Crippen LogP contribution in [-0.4, -0.2) is 0 Å². The standard InChI is InChI=1S/C66H45N/c1-2-14-46(15-3-1)47-30-32-48(33-31-47)49-34-39-57(40-35-49)67(58-41-36-50(37-42-58)54-22-10-23-55(44-54)62-27-11-19-51-16-4-7-24-59(51)62)66-45-56(63-28-12-20-52-17-5-8-25-60(52)63)38-43-65(66)64-29-13-21-53-18-6-9-26-61(53)64/h1-45H. The highest BCUT2D eigenvalue weighted by Gasteiger charge is 2.21. The molecule has 1 nitrogen and oxygen atoms in total. The van der Waals surface area contributed by atoms with E-state index in [1.54, 1.807) is 0 Å². The van der Waals surface area contributed by atoms with Crippen molar-refractivity contribution in [2.45, 2.75) is 0 Å². The summed E-state index contributed by atoms with van der Waals surface area (Å²) < 4.78 is 0. The van der Waals surface area contributed by atoms with Gasteiger partial charge < -0.3 is 4.90 Å². The summed E-state index contributed by atoms with van der Waals surface area (Å²) in [5.74, 6) is 0. The molecule has 1 heteroatoms. The van der Waals surface area contributed by atoms with Gasteiger partial charge in [0.25, 0.3) is 0 Å². The highest BCUT2D eigenvalue weighted by atomic mass is 15.1. The van der Waals surface area contributed by atoms with E-state index < -0.39 is 0 Å². The van der Waals surface area contributed by atoms with Crippen LogP contribution in [0.1, 0.15) is 0 Å². The molecule has 0 unspecified atom stereocenters. The molecule has 0 saturated heterocycles. The summed E-state index contributed by atoms with van der Waals surface area (Å²) in [6, 6.07) is 99.6. The third kappa shape index (κ3) is 7.63. The van der Waals surface area contributed by atoms with E-state index in [0.717, 1.165) is 28.2 Å². The summed E-state index contributed by atoms with van der Waals surface area (Å²) in [4.78, 5) is 2.45. The average Bonchev–Trinajstić information content (AvgIpc) is 3.41. The van der Waals surface area contributed by atoms with Crippen molar-refractivity contribution in [3.8, 4) is 66.8 Å². The lowest BCUT2D eigenvalue weighted by molar-refractivity contribution is 1.28. The minimum absolute atomic E-state index is 1.07. The van der Waals surface area contributed by atoms with E-state index >= 15 is 0 Å². The molecule has 67 heavy (non-hydrogen) atoms. The monoisotopic (exact) mass is 851 g/mol. The third-order valence-corrected chi connectivity index (χ3v) is 13.3. The summed E-state index contributed by atoms with van der Waals surface area (Å²) in [6.07, 6.45) is 0. The lowest BCUT2D eigenvalue weighted by atomic mass is 9.92. The Morgan fingerprint density at radius 3 is 1.07 bits per heavy atom. The number of fused-ring (bicyclic) bond motifs is 3. The van der Waals surface area contributed by atoms with Crippen LogP contribution >= 0.6 is 0 Å². The molecular weight excluding hydrogens is 807 g/mol. The number of anilines is 3. The molecule has 0 aliphatic rings. The zero-order valence-electron chi connectivity index (χ0n) is 36.9. The molecule has 12 aromatic rings. The van der Waals surface area contributed by atoms with Gasteiger partial charge in [-0.3, -0.25) is 0 Å². The summed E-state index contributed by atoms with van der Waals surface area (Å²) in [7, 11) is 0. The van der Waals surface area contributed by atoms with Gasteiger partial charge in [-0.2, -0.15) is 0 Å². The predicted molar refractivity (Wildman–Crippen MR) is 286 cm³/mol. The van der Waals surface area contributed by atoms with Crippen LogP contribution in [-0.2, 0) is 0 Å². The summed E-state index contributed by atoms with van der Waals surface area (Å²) in [5, 5.41) is 7.41. The fourth-order valence-electron chi connectivity index (χ4n) is 9.91. The Morgan fingerprint density at radius 2 is 0.537 bits per heavy atom. The molecule has 12 rings (SSSR count). The number of rotatable bonds is 9. The van der Waals surface area contributed by atoms with E-state index in [2.05, 4.69) is 278 Å². The molecular formula is C66H45N. The van der Waals surface area contributed by atoms with Gasteiger partial charge in [-0.1, -0.05) is 237 Å². The van der Waals surface area contributed by atoms with Crippen molar-refractivity contribution in [2.75, 3.05) is 4.90 Å². The minimum Gasteiger partial charge on any atom is -0.310 e. The van der Waals surface area contributed by atoms with Crippen LogP contribution < -0.4 is 4.90 Å². The van der Waals surface area contributed by atoms with Gasteiger partial charge in [0.05, 0.1) is 5.69 Å². The Kier molecular flexibility index (Phi) is 10.3. The van der Waals surface area contributed by atoms with Gasteiger partial charge in [-0.05, 0) is 130 Å². The van der Waals surface area contributed by atoms with Gasteiger partial charge in [0.1, 0.15) is 0 Å². The molecule has 0 atom stereocenters. The number of nitrogens with zero attached hydrogens (tertiary/aromatic N) is 1. The second-order valence-corrected chi connectivity index (χ2v) is 17.3. The molecule has 0 aliphatic carbocycles. The van der Waals surface area contributed by atoms with Gasteiger partial charge >= 0.3 is 0 Å². The van der Waals surface area contributed by atoms with E-state index in [0.29, 0.717) is 0 Å². The highest BCUT2D eigenvalue weighted by Crippen LogP contribution is 2.46. The lowest BCUT2D eigenvalue weighted by Crippen LogP contribution is -2.11. The van der Waals surface area contributed by atoms with Crippen LogP contribution in [0.25, 0.3) is 99.1 Å². The van der Waals surface area contributed by atoms with Crippen LogP contribution in [0.5, 0.6) is 0 Å². The second-order valence-electron chi connectivity index (χ2n) is 17.3. The first-order chi connectivity index (χ1) is 33.2. The van der Waals surface area contributed by atoms with Crippen LogP contribution in [0.2, 0.25) is 0 Å². The van der Waals surface area contributed by atoms with Crippen molar-refractivity contribution in [3.05, 3.63) is 273 Å². The fraction of sp³-hybridized carbons (Fsp3) is 0. The van der Waals surface area contributed by atoms with Crippen molar-refractivity contribution in [1.82, 2.24) is 0 Å². The molecule has 0 fully saturated rings. The fourth-order valence-corrected chi connectivity index (χ4v) is 9.91. The molecule has 0 heterocycles. The first-order valence-electron chi connectivity index (χ1n) is 23.1. The Labute approximate surface area is 392 Å². The molecule has 0 radical (unpaired) electrons. The van der Waals surface area contributed by atoms with Gasteiger partial charge in [-0.25, -0.2) is 0 Å². The zero-order valence-corrected chi connectivity index (χ0v) is 36.9. The molecule has 0 N–H and O–H groups in total. The Hall–Kier alpha value is -8.78. The molecule has 0 aromatic heterocycles. The van der Waals surface area contributed by atoms with Crippen molar-refractivity contribution < 1.29 is 0 Å². The van der Waals surface area contributed by atoms with Crippen LogP contribution in [0.4, 0.5) is 17.1 Å². The van der Waals surface area contributed by atoms with Crippen molar-refractivity contribution in [1.29, 1.82) is 0 Å². The molecule has 0 saturated carbocycles. The Morgan fingerprint density at radius 1 is 0.194 bits per heavy atom. The maximum absolute atomic E-state index is 2.45. The summed E-state index contributed by atoms with van der Waals surface area (Å²) in [6.45, 7) is 0. The van der Waals surface area contributed by atoms with Crippen LogP contribution in [0.3, 0.4) is 0 Å². The Bertz CT molecular complexity index is 3700. The number of hydrogen-bond donors (Lipinski definition) is 0. The summed E-state index contributed by atoms with van der Waals surface area (Å²) in [5.41, 5.74) is 17.6. The van der Waals surface area contributed by atoms with Crippen LogP contribution in [0.15, 0.2) is 273 Å². The maximum Gasteiger partial charge on any atom is 0.0546 e. The van der Waals surface area contributed by atoms with E-state index in [-0.39, 0.29) is 0 Å². The zero-order chi connectivity index (χ0) is 44.5. The lowest BCUT2D eigenvalue weighted by Gasteiger charge is -2.29. The predicted octanol–water partition coefficient (Wildman–Crippen LogP) is 18.6. The van der Waals surface area contributed by atoms with Crippen LogP contribution in [0, 0.1) is 0 Å². The minimum atomic E-state index is 1.07. The van der Waals surface area contributed by atoms with E-state index in [1.807, 2.05) is 0 Å². The molecule has 0 spiro atoms. The highest BCUT2D eigenvalue weighted by molar-refractivity contribution is 6.04.